The number of hydrogen-bond donors (Lipinski definition) is 1. The van der Waals surface area contributed by atoms with Crippen molar-refractivity contribution >= 4 is 0 Å². The van der Waals surface area contributed by atoms with Crippen molar-refractivity contribution in [1.29, 1.82) is 0 Å². The molecule has 1 atom stereocenters. The molecule has 1 N–H and O–H groups in total. The summed E-state index contributed by atoms with van der Waals surface area (Å²) in [5.41, 5.74) is 4.06. The summed E-state index contributed by atoms with van der Waals surface area (Å²) in [6.07, 6.45) is 3.23. The Morgan fingerprint density at radius 3 is 2.57 bits per heavy atom. The van der Waals surface area contributed by atoms with Crippen LogP contribution in [0.2, 0.25) is 0 Å². The van der Waals surface area contributed by atoms with Crippen molar-refractivity contribution in [2.24, 2.45) is 0 Å². The lowest BCUT2D eigenvalue weighted by molar-refractivity contribution is -0.0840. The maximum atomic E-state index is 6.04. The molecule has 4 rings (SSSR count). The predicted molar refractivity (Wildman–Crippen MR) is 111 cm³/mol. The minimum Gasteiger partial charge on any atom is -0.454 e. The Morgan fingerprint density at radius 1 is 1.00 bits per heavy atom. The molecule has 4 heteroatoms. The zero-order valence-electron chi connectivity index (χ0n) is 17.2. The van der Waals surface area contributed by atoms with Gasteiger partial charge in [0.25, 0.3) is 0 Å². The highest BCUT2D eigenvalue weighted by Crippen LogP contribution is 2.44. The number of aryl methyl sites for hydroxylation is 1. The van der Waals surface area contributed by atoms with Gasteiger partial charge in [-0.05, 0) is 69.8 Å². The summed E-state index contributed by atoms with van der Waals surface area (Å²) < 4.78 is 16.9. The first-order valence-corrected chi connectivity index (χ1v) is 10.3. The average Bonchev–Trinajstić information content (AvgIpc) is 3.13. The van der Waals surface area contributed by atoms with E-state index in [-0.39, 0.29) is 11.0 Å². The molecule has 1 saturated heterocycles. The molecule has 0 amide bonds. The van der Waals surface area contributed by atoms with E-state index in [9.17, 15) is 0 Å². The van der Waals surface area contributed by atoms with Crippen LogP contribution in [0.15, 0.2) is 42.5 Å². The number of nitrogens with one attached hydrogen (secondary N) is 1. The molecule has 0 unspecified atom stereocenters. The van der Waals surface area contributed by atoms with Gasteiger partial charge in [0, 0.05) is 18.6 Å². The first-order chi connectivity index (χ1) is 13.5. The first kappa shape index (κ1) is 19.3. The molecular weight excluding hydrogens is 350 g/mol. The van der Waals surface area contributed by atoms with E-state index in [0.29, 0.717) is 6.79 Å². The number of benzene rings is 2. The lowest BCUT2D eigenvalue weighted by Crippen LogP contribution is -2.45. The Balaban J connectivity index is 1.42. The van der Waals surface area contributed by atoms with Crippen LogP contribution in [0.3, 0.4) is 0 Å². The van der Waals surface area contributed by atoms with Crippen molar-refractivity contribution in [3.8, 4) is 11.5 Å². The van der Waals surface area contributed by atoms with Crippen molar-refractivity contribution < 1.29 is 14.2 Å². The standard InChI is InChI=1S/C24H31NO3/c1-18-4-7-20(8-5-18)24(11-13-28-23(2,3)16-24)10-12-25-15-19-6-9-21-22(14-19)27-17-26-21/h4-9,14,25H,10-13,15-17H2,1-3H3/t24-/m1/s1. The third kappa shape index (κ3) is 4.18. The molecule has 2 aliphatic rings. The first-order valence-electron chi connectivity index (χ1n) is 10.3. The quantitative estimate of drug-likeness (QED) is 0.734. The molecule has 28 heavy (non-hydrogen) atoms. The summed E-state index contributed by atoms with van der Waals surface area (Å²) in [5, 5.41) is 3.64. The second kappa shape index (κ2) is 7.76. The molecule has 2 aromatic carbocycles. The molecule has 150 valence electrons. The smallest absolute Gasteiger partial charge is 0.231 e. The van der Waals surface area contributed by atoms with Gasteiger partial charge < -0.3 is 19.5 Å². The summed E-state index contributed by atoms with van der Waals surface area (Å²) in [4.78, 5) is 0. The van der Waals surface area contributed by atoms with E-state index in [1.54, 1.807) is 0 Å². The largest absolute Gasteiger partial charge is 0.454 e. The third-order valence-electron chi connectivity index (χ3n) is 6.05. The SMILES string of the molecule is Cc1ccc([C@]2(CCNCc3ccc4c(c3)OCO4)CCOC(C)(C)C2)cc1. The molecule has 4 nitrogen and oxygen atoms in total. The van der Waals surface area contributed by atoms with Gasteiger partial charge in [-0.25, -0.2) is 0 Å². The number of fused-ring (bicyclic) bond motifs is 1. The molecule has 0 aromatic heterocycles. The predicted octanol–water partition coefficient (Wildman–Crippen LogP) is 4.73. The van der Waals surface area contributed by atoms with Gasteiger partial charge in [0.2, 0.25) is 6.79 Å². The van der Waals surface area contributed by atoms with E-state index in [2.05, 4.69) is 62.5 Å². The Bertz CT molecular complexity index is 815. The fourth-order valence-corrected chi connectivity index (χ4v) is 4.60. The molecule has 2 aliphatic heterocycles. The molecular formula is C24H31NO3. The van der Waals surface area contributed by atoms with Crippen LogP contribution in [0.5, 0.6) is 11.5 Å². The second-order valence-electron chi connectivity index (χ2n) is 8.80. The maximum absolute atomic E-state index is 6.04. The summed E-state index contributed by atoms with van der Waals surface area (Å²) in [6.45, 7) is 9.53. The Morgan fingerprint density at radius 2 is 1.79 bits per heavy atom. The van der Waals surface area contributed by atoms with Crippen molar-refractivity contribution in [2.75, 3.05) is 19.9 Å². The van der Waals surface area contributed by atoms with Gasteiger partial charge in [-0.3, -0.25) is 0 Å². The van der Waals surface area contributed by atoms with Crippen molar-refractivity contribution in [1.82, 2.24) is 5.32 Å². The topological polar surface area (TPSA) is 39.7 Å². The molecule has 0 spiro atoms. The van der Waals surface area contributed by atoms with E-state index >= 15 is 0 Å². The zero-order valence-corrected chi connectivity index (χ0v) is 17.2. The molecule has 0 saturated carbocycles. The van der Waals surface area contributed by atoms with Crippen LogP contribution in [0.25, 0.3) is 0 Å². The van der Waals surface area contributed by atoms with Gasteiger partial charge in [-0.2, -0.15) is 0 Å². The van der Waals surface area contributed by atoms with Crippen molar-refractivity contribution in [2.45, 2.75) is 57.6 Å². The molecule has 2 heterocycles. The van der Waals surface area contributed by atoms with E-state index in [0.717, 1.165) is 50.5 Å². The highest BCUT2D eigenvalue weighted by molar-refractivity contribution is 5.44. The minimum absolute atomic E-state index is 0.0829. The van der Waals surface area contributed by atoms with Gasteiger partial charge in [-0.1, -0.05) is 35.9 Å². The van der Waals surface area contributed by atoms with Gasteiger partial charge in [0.05, 0.1) is 5.60 Å². The molecule has 0 bridgehead atoms. The van der Waals surface area contributed by atoms with E-state index in [1.807, 2.05) is 6.07 Å². The third-order valence-corrected chi connectivity index (χ3v) is 6.05. The highest BCUT2D eigenvalue weighted by Gasteiger charge is 2.41. The lowest BCUT2D eigenvalue weighted by atomic mass is 9.67. The average molecular weight is 382 g/mol. The molecule has 1 fully saturated rings. The lowest BCUT2D eigenvalue weighted by Gasteiger charge is -2.45. The number of ether oxygens (including phenoxy) is 3. The molecule has 0 radical (unpaired) electrons. The van der Waals surface area contributed by atoms with Crippen LogP contribution in [-0.2, 0) is 16.7 Å². The van der Waals surface area contributed by atoms with E-state index in [4.69, 9.17) is 14.2 Å². The van der Waals surface area contributed by atoms with Gasteiger partial charge >= 0.3 is 0 Å². The Kier molecular flexibility index (Phi) is 5.35. The van der Waals surface area contributed by atoms with Gasteiger partial charge in [0.1, 0.15) is 0 Å². The van der Waals surface area contributed by atoms with Crippen molar-refractivity contribution in [3.05, 3.63) is 59.2 Å². The Hall–Kier alpha value is -2.04. The summed E-state index contributed by atoms with van der Waals surface area (Å²) in [7, 11) is 0. The van der Waals surface area contributed by atoms with Gasteiger partial charge in [-0.15, -0.1) is 0 Å². The summed E-state index contributed by atoms with van der Waals surface area (Å²) >= 11 is 0. The van der Waals surface area contributed by atoms with Crippen LogP contribution < -0.4 is 14.8 Å². The maximum Gasteiger partial charge on any atom is 0.231 e. The van der Waals surface area contributed by atoms with Crippen LogP contribution in [0, 0.1) is 6.92 Å². The highest BCUT2D eigenvalue weighted by atomic mass is 16.7. The number of hydrogen-bond acceptors (Lipinski definition) is 4. The van der Waals surface area contributed by atoms with Crippen LogP contribution in [-0.4, -0.2) is 25.5 Å². The fraction of sp³-hybridized carbons (Fsp3) is 0.500. The normalized spacial score (nSPS) is 23.0. The summed E-state index contributed by atoms with van der Waals surface area (Å²) in [5.74, 6) is 1.69. The fourth-order valence-electron chi connectivity index (χ4n) is 4.60. The van der Waals surface area contributed by atoms with Crippen LogP contribution >= 0.6 is 0 Å². The molecule has 2 aromatic rings. The monoisotopic (exact) mass is 381 g/mol. The van der Waals surface area contributed by atoms with Crippen molar-refractivity contribution in [3.63, 3.8) is 0 Å². The Labute approximate surface area is 168 Å². The van der Waals surface area contributed by atoms with E-state index < -0.39 is 0 Å². The summed E-state index contributed by atoms with van der Waals surface area (Å²) in [6, 6.07) is 15.3. The van der Waals surface area contributed by atoms with Crippen LogP contribution in [0.4, 0.5) is 0 Å². The second-order valence-corrected chi connectivity index (χ2v) is 8.80. The van der Waals surface area contributed by atoms with Gasteiger partial charge in [0.15, 0.2) is 11.5 Å². The minimum atomic E-state index is -0.0829. The number of rotatable bonds is 6. The van der Waals surface area contributed by atoms with Crippen LogP contribution in [0.1, 0.15) is 49.8 Å². The zero-order chi connectivity index (χ0) is 19.6. The van der Waals surface area contributed by atoms with E-state index in [1.165, 1.54) is 16.7 Å². The molecule has 0 aliphatic carbocycles.